The number of allylic oxidation sites excluding steroid dienone is 4. The molecule has 3 rings (SSSR count). The number of halogens is 1. The van der Waals surface area contributed by atoms with Crippen LogP contribution in [0.2, 0.25) is 0 Å². The van der Waals surface area contributed by atoms with Gasteiger partial charge in [-0.1, -0.05) is 156 Å². The molecule has 1 unspecified atom stereocenters. The van der Waals surface area contributed by atoms with Crippen LogP contribution in [-0.2, 0) is 5.41 Å². The Balaban J connectivity index is 1.86. The van der Waals surface area contributed by atoms with Crippen LogP contribution < -0.4 is 0 Å². The van der Waals surface area contributed by atoms with Gasteiger partial charge in [-0.2, -0.15) is 0 Å². The van der Waals surface area contributed by atoms with Crippen LogP contribution in [0, 0.1) is 10.8 Å². The maximum absolute atomic E-state index is 2.66. The molecule has 2 atom stereocenters. The smallest absolute Gasteiger partial charge is 0.0356 e. The summed E-state index contributed by atoms with van der Waals surface area (Å²) in [7, 11) is 0. The highest BCUT2D eigenvalue weighted by molar-refractivity contribution is 14.1. The van der Waals surface area contributed by atoms with Gasteiger partial charge in [0, 0.05) is 9.34 Å². The first-order chi connectivity index (χ1) is 18.2. The molecule has 0 spiro atoms. The zero-order chi connectivity index (χ0) is 27.8. The van der Waals surface area contributed by atoms with E-state index < -0.39 is 0 Å². The first kappa shape index (κ1) is 31.2. The van der Waals surface area contributed by atoms with E-state index in [0.717, 1.165) is 6.42 Å². The van der Waals surface area contributed by atoms with Crippen LogP contribution in [-0.4, -0.2) is 0 Å². The summed E-state index contributed by atoms with van der Waals surface area (Å²) in [5.41, 5.74) is 8.18. The lowest BCUT2D eigenvalue weighted by Crippen LogP contribution is -2.33. The number of hydrogen-bond donors (Lipinski definition) is 0. The minimum absolute atomic E-state index is 0.0440. The summed E-state index contributed by atoms with van der Waals surface area (Å²) in [6.07, 6.45) is 17.5. The molecule has 0 bridgehead atoms. The quantitative estimate of drug-likeness (QED) is 0.0900. The van der Waals surface area contributed by atoms with E-state index in [-0.39, 0.29) is 10.8 Å². The van der Waals surface area contributed by atoms with E-state index in [9.17, 15) is 0 Å². The molecule has 38 heavy (non-hydrogen) atoms. The summed E-state index contributed by atoms with van der Waals surface area (Å²) in [6.45, 7) is 16.8. The molecule has 0 nitrogen and oxygen atoms in total. The van der Waals surface area contributed by atoms with Gasteiger partial charge >= 0.3 is 0 Å². The Labute approximate surface area is 248 Å². The minimum atomic E-state index is 0.0440. The van der Waals surface area contributed by atoms with Crippen molar-refractivity contribution in [1.82, 2.24) is 0 Å². The van der Waals surface area contributed by atoms with E-state index >= 15 is 0 Å². The van der Waals surface area contributed by atoms with Crippen molar-refractivity contribution < 1.29 is 0 Å². The highest BCUT2D eigenvalue weighted by Crippen LogP contribution is 2.55. The van der Waals surface area contributed by atoms with E-state index in [0.29, 0.717) is 9.34 Å². The third kappa shape index (κ3) is 6.86. The number of rotatable bonds is 13. The van der Waals surface area contributed by atoms with Gasteiger partial charge in [-0.3, -0.25) is 0 Å². The van der Waals surface area contributed by atoms with Gasteiger partial charge < -0.3 is 0 Å². The van der Waals surface area contributed by atoms with Crippen molar-refractivity contribution in [1.29, 1.82) is 0 Å². The largest absolute Gasteiger partial charge is 0.0839 e. The molecule has 2 aromatic rings. The van der Waals surface area contributed by atoms with E-state index in [4.69, 9.17) is 0 Å². The average molecular weight is 625 g/mol. The molecular weight excluding hydrogens is 571 g/mol. The summed E-state index contributed by atoms with van der Waals surface area (Å²) in [4.78, 5) is 0. The van der Waals surface area contributed by atoms with Crippen molar-refractivity contribution in [2.45, 2.75) is 122 Å². The Morgan fingerprint density at radius 1 is 0.868 bits per heavy atom. The normalized spacial score (nSPS) is 21.4. The summed E-state index contributed by atoms with van der Waals surface area (Å²) in [6, 6.07) is 20.9. The zero-order valence-corrected chi connectivity index (χ0v) is 27.5. The van der Waals surface area contributed by atoms with Crippen molar-refractivity contribution in [3.63, 3.8) is 0 Å². The third-order valence-corrected chi connectivity index (χ3v) is 11.1. The summed E-state index contributed by atoms with van der Waals surface area (Å²) in [5.74, 6) is 0. The molecule has 0 heterocycles. The second-order valence-corrected chi connectivity index (χ2v) is 14.0. The molecule has 0 radical (unpaired) electrons. The highest BCUT2D eigenvalue weighted by atomic mass is 127. The maximum Gasteiger partial charge on any atom is 0.0356 e. The average Bonchev–Trinajstić information content (AvgIpc) is 2.92. The fourth-order valence-electron chi connectivity index (χ4n) is 7.26. The molecule has 0 amide bonds. The van der Waals surface area contributed by atoms with Crippen LogP contribution in [0.4, 0.5) is 0 Å². The zero-order valence-electron chi connectivity index (χ0n) is 25.4. The Morgan fingerprint density at radius 2 is 1.50 bits per heavy atom. The molecule has 0 aliphatic heterocycles. The van der Waals surface area contributed by atoms with Crippen LogP contribution in [0.1, 0.15) is 133 Å². The summed E-state index contributed by atoms with van der Waals surface area (Å²) < 4.78 is 0.595. The monoisotopic (exact) mass is 624 g/mol. The van der Waals surface area contributed by atoms with Gasteiger partial charge in [0.05, 0.1) is 0 Å². The van der Waals surface area contributed by atoms with E-state index in [1.165, 1.54) is 74.5 Å². The van der Waals surface area contributed by atoms with Crippen LogP contribution >= 0.6 is 22.6 Å². The third-order valence-electron chi connectivity index (χ3n) is 9.53. The molecule has 0 saturated heterocycles. The first-order valence-corrected chi connectivity index (χ1v) is 16.6. The Morgan fingerprint density at radius 3 is 2.05 bits per heavy atom. The lowest BCUT2D eigenvalue weighted by Gasteiger charge is -2.46. The Kier molecular flexibility index (Phi) is 11.3. The van der Waals surface area contributed by atoms with Crippen LogP contribution in [0.3, 0.4) is 0 Å². The fraction of sp³-hybridized carbons (Fsp3) is 0.568. The Hall–Kier alpha value is -1.35. The first-order valence-electron chi connectivity index (χ1n) is 15.4. The van der Waals surface area contributed by atoms with Crippen molar-refractivity contribution in [2.24, 2.45) is 10.8 Å². The molecule has 1 aliphatic rings. The number of alkyl halides is 1. The van der Waals surface area contributed by atoms with Gasteiger partial charge in [-0.15, -0.1) is 0 Å². The van der Waals surface area contributed by atoms with Crippen molar-refractivity contribution in [3.05, 3.63) is 89.0 Å². The van der Waals surface area contributed by atoms with Crippen molar-refractivity contribution in [3.8, 4) is 0 Å². The molecular formula is C37H53I. The fourth-order valence-corrected chi connectivity index (χ4v) is 7.67. The SMILES string of the molecule is CCCC(CCC)(CCC/C=C1/C(C)(C)C(c2ccc(C(I)CC)cc2)=CC[C@]1(C)CC)c1ccccc1. The lowest BCUT2D eigenvalue weighted by molar-refractivity contribution is 0.306. The van der Waals surface area contributed by atoms with E-state index in [1.807, 2.05) is 0 Å². The van der Waals surface area contributed by atoms with Crippen LogP contribution in [0.15, 0.2) is 72.3 Å². The van der Waals surface area contributed by atoms with Gasteiger partial charge in [-0.25, -0.2) is 0 Å². The Bertz CT molecular complexity index is 1050. The van der Waals surface area contributed by atoms with Gasteiger partial charge in [0.15, 0.2) is 0 Å². The van der Waals surface area contributed by atoms with Crippen LogP contribution in [0.25, 0.3) is 5.57 Å². The number of benzene rings is 2. The van der Waals surface area contributed by atoms with Gasteiger partial charge in [-0.05, 0) is 84.5 Å². The molecule has 0 fully saturated rings. The van der Waals surface area contributed by atoms with Crippen molar-refractivity contribution >= 4 is 28.2 Å². The second-order valence-electron chi connectivity index (χ2n) is 12.5. The second kappa shape index (κ2) is 13.8. The van der Waals surface area contributed by atoms with Gasteiger partial charge in [0.25, 0.3) is 0 Å². The summed E-state index contributed by atoms with van der Waals surface area (Å²) >= 11 is 2.57. The van der Waals surface area contributed by atoms with Gasteiger partial charge in [0.1, 0.15) is 0 Å². The number of unbranched alkanes of at least 4 members (excludes halogenated alkanes) is 1. The molecule has 1 heteroatoms. The topological polar surface area (TPSA) is 0 Å². The molecule has 0 aromatic heterocycles. The number of hydrogen-bond acceptors (Lipinski definition) is 0. The van der Waals surface area contributed by atoms with Gasteiger partial charge in [0.2, 0.25) is 0 Å². The lowest BCUT2D eigenvalue weighted by atomic mass is 9.58. The van der Waals surface area contributed by atoms with E-state index in [2.05, 4.69) is 138 Å². The maximum atomic E-state index is 2.66. The summed E-state index contributed by atoms with van der Waals surface area (Å²) in [5, 5.41) is 0. The van der Waals surface area contributed by atoms with E-state index in [1.54, 1.807) is 11.1 Å². The standard InChI is InChI=1S/C37H53I/c1-8-25-37(26-9-2,31-17-13-12-14-18-31)27-16-15-19-34-35(5,6)32(24-28-36(34,7)11-4)29-20-22-30(23-21-29)33(38)10-3/h12-14,17-24,33H,8-11,15-16,25-28H2,1-7H3/b34-19-/t33?,36-/m0/s1. The predicted octanol–water partition coefficient (Wildman–Crippen LogP) is 12.4. The van der Waals surface area contributed by atoms with Crippen molar-refractivity contribution in [2.75, 3.05) is 0 Å². The molecule has 0 N–H and O–H groups in total. The van der Waals surface area contributed by atoms with Crippen LogP contribution in [0.5, 0.6) is 0 Å². The molecule has 2 aromatic carbocycles. The molecule has 1 aliphatic carbocycles. The highest BCUT2D eigenvalue weighted by Gasteiger charge is 2.42. The minimum Gasteiger partial charge on any atom is -0.0839 e. The molecule has 208 valence electrons. The predicted molar refractivity (Wildman–Crippen MR) is 178 cm³/mol. The molecule has 0 saturated carbocycles.